The molecule has 19 heavy (non-hydrogen) atoms. The fourth-order valence-corrected chi connectivity index (χ4v) is 4.65. The van der Waals surface area contributed by atoms with Crippen LogP contribution in [0.4, 0.5) is 0 Å². The van der Waals surface area contributed by atoms with Crippen LogP contribution in [0.1, 0.15) is 30.7 Å². The predicted octanol–water partition coefficient (Wildman–Crippen LogP) is 0.779. The molecular formula is C12H19N3O3S. The molecule has 1 aliphatic rings. The third-order valence-electron chi connectivity index (χ3n) is 3.66. The molecule has 0 spiro atoms. The first kappa shape index (κ1) is 14.2. The summed E-state index contributed by atoms with van der Waals surface area (Å²) in [4.78, 5) is 11.3. The van der Waals surface area contributed by atoms with Crippen LogP contribution >= 0.6 is 0 Å². The van der Waals surface area contributed by atoms with Gasteiger partial charge in [-0.05, 0) is 26.7 Å². The average Bonchev–Trinajstić information content (AvgIpc) is 2.63. The molecule has 0 radical (unpaired) electrons. The highest BCUT2D eigenvalue weighted by Crippen LogP contribution is 2.28. The van der Waals surface area contributed by atoms with Crippen molar-refractivity contribution in [3.05, 3.63) is 11.4 Å². The van der Waals surface area contributed by atoms with Crippen molar-refractivity contribution in [1.29, 1.82) is 0 Å². The molecule has 1 fully saturated rings. The van der Waals surface area contributed by atoms with Gasteiger partial charge in [-0.3, -0.25) is 4.68 Å². The third-order valence-corrected chi connectivity index (χ3v) is 5.84. The standard InChI is InChI=1S/C12H19N3O3S/c1-9-12(10(2)14(3)13-9)19(17,18)15-7-5-4-6-11(15)8-16/h8,11H,4-7H2,1-3H3. The Hall–Kier alpha value is -1.21. The molecular weight excluding hydrogens is 266 g/mol. The Bertz CT molecular complexity index is 592. The van der Waals surface area contributed by atoms with Crippen molar-refractivity contribution in [2.75, 3.05) is 6.54 Å². The zero-order valence-corrected chi connectivity index (χ0v) is 12.3. The van der Waals surface area contributed by atoms with Crippen molar-refractivity contribution in [1.82, 2.24) is 14.1 Å². The van der Waals surface area contributed by atoms with E-state index in [1.807, 2.05) is 0 Å². The van der Waals surface area contributed by atoms with Crippen LogP contribution in [0.15, 0.2) is 4.90 Å². The number of piperidine rings is 1. The minimum Gasteiger partial charge on any atom is -0.302 e. The molecule has 1 aliphatic heterocycles. The van der Waals surface area contributed by atoms with Gasteiger partial charge in [0.2, 0.25) is 10.0 Å². The number of hydrogen-bond acceptors (Lipinski definition) is 4. The van der Waals surface area contributed by atoms with Gasteiger partial charge in [-0.2, -0.15) is 9.40 Å². The van der Waals surface area contributed by atoms with Crippen molar-refractivity contribution in [3.63, 3.8) is 0 Å². The van der Waals surface area contributed by atoms with Crippen LogP contribution in [0, 0.1) is 13.8 Å². The van der Waals surface area contributed by atoms with E-state index in [-0.39, 0.29) is 4.90 Å². The number of hydrogen-bond donors (Lipinski definition) is 0. The molecule has 6 nitrogen and oxygen atoms in total. The molecule has 106 valence electrons. The summed E-state index contributed by atoms with van der Waals surface area (Å²) in [5.41, 5.74) is 1.09. The van der Waals surface area contributed by atoms with Gasteiger partial charge in [0.05, 0.1) is 17.4 Å². The monoisotopic (exact) mass is 285 g/mol. The van der Waals surface area contributed by atoms with Gasteiger partial charge >= 0.3 is 0 Å². The maximum atomic E-state index is 12.7. The largest absolute Gasteiger partial charge is 0.302 e. The van der Waals surface area contributed by atoms with E-state index in [1.54, 1.807) is 25.6 Å². The van der Waals surface area contributed by atoms with E-state index in [9.17, 15) is 13.2 Å². The number of carbonyl (C=O) groups is 1. The zero-order valence-electron chi connectivity index (χ0n) is 11.5. The van der Waals surface area contributed by atoms with Crippen LogP contribution in [0.5, 0.6) is 0 Å². The average molecular weight is 285 g/mol. The molecule has 2 rings (SSSR count). The first-order chi connectivity index (χ1) is 8.89. The summed E-state index contributed by atoms with van der Waals surface area (Å²) in [5, 5.41) is 4.15. The van der Waals surface area contributed by atoms with Gasteiger partial charge in [0, 0.05) is 13.6 Å². The summed E-state index contributed by atoms with van der Waals surface area (Å²) < 4.78 is 28.3. The lowest BCUT2D eigenvalue weighted by molar-refractivity contribution is -0.111. The molecule has 1 saturated heterocycles. The van der Waals surface area contributed by atoms with Crippen LogP contribution in [0.3, 0.4) is 0 Å². The third kappa shape index (κ3) is 2.32. The minimum atomic E-state index is -3.65. The van der Waals surface area contributed by atoms with E-state index in [1.165, 1.54) is 4.31 Å². The summed E-state index contributed by atoms with van der Waals surface area (Å²) in [7, 11) is -1.93. The Labute approximate surface area is 113 Å². The maximum absolute atomic E-state index is 12.7. The van der Waals surface area contributed by atoms with Crippen LogP contribution in [-0.2, 0) is 21.9 Å². The molecule has 1 aromatic rings. The Morgan fingerprint density at radius 2 is 2.00 bits per heavy atom. The smallest absolute Gasteiger partial charge is 0.247 e. The van der Waals surface area contributed by atoms with Gasteiger partial charge in [-0.15, -0.1) is 0 Å². The number of sulfonamides is 1. The van der Waals surface area contributed by atoms with Gasteiger partial charge in [0.15, 0.2) is 0 Å². The number of nitrogens with zero attached hydrogens (tertiary/aromatic N) is 3. The highest BCUT2D eigenvalue weighted by Gasteiger charge is 2.36. The van der Waals surface area contributed by atoms with E-state index in [4.69, 9.17) is 0 Å². The lowest BCUT2D eigenvalue weighted by atomic mass is 10.1. The number of aromatic nitrogens is 2. The highest BCUT2D eigenvalue weighted by molar-refractivity contribution is 7.89. The summed E-state index contributed by atoms with van der Waals surface area (Å²) >= 11 is 0. The summed E-state index contributed by atoms with van der Waals surface area (Å²) in [6, 6.07) is -0.544. The van der Waals surface area contributed by atoms with E-state index in [2.05, 4.69) is 5.10 Å². The molecule has 0 saturated carbocycles. The Balaban J connectivity index is 2.49. The second-order valence-electron chi connectivity index (χ2n) is 4.94. The number of rotatable bonds is 3. The Kier molecular flexibility index (Phi) is 3.78. The van der Waals surface area contributed by atoms with Crippen LogP contribution in [0.25, 0.3) is 0 Å². The van der Waals surface area contributed by atoms with Crippen LogP contribution < -0.4 is 0 Å². The number of carbonyl (C=O) groups excluding carboxylic acids is 1. The normalized spacial score (nSPS) is 21.5. The highest BCUT2D eigenvalue weighted by atomic mass is 32.2. The Morgan fingerprint density at radius 3 is 2.53 bits per heavy atom. The fraction of sp³-hybridized carbons (Fsp3) is 0.667. The van der Waals surface area contributed by atoms with Crippen molar-refractivity contribution in [2.24, 2.45) is 7.05 Å². The minimum absolute atomic E-state index is 0.240. The lowest BCUT2D eigenvalue weighted by Crippen LogP contribution is -2.44. The summed E-state index contributed by atoms with van der Waals surface area (Å²) in [6.45, 7) is 3.81. The molecule has 1 atom stereocenters. The SMILES string of the molecule is Cc1nn(C)c(C)c1S(=O)(=O)N1CCCCC1C=O. The van der Waals surface area contributed by atoms with Crippen molar-refractivity contribution in [3.8, 4) is 0 Å². The van der Waals surface area contributed by atoms with E-state index in [0.29, 0.717) is 24.4 Å². The van der Waals surface area contributed by atoms with Crippen molar-refractivity contribution in [2.45, 2.75) is 44.0 Å². The molecule has 1 aromatic heterocycles. The zero-order chi connectivity index (χ0) is 14.2. The molecule has 1 unspecified atom stereocenters. The van der Waals surface area contributed by atoms with E-state index >= 15 is 0 Å². The lowest BCUT2D eigenvalue weighted by Gasteiger charge is -2.31. The van der Waals surface area contributed by atoms with E-state index in [0.717, 1.165) is 19.1 Å². The molecule has 0 aromatic carbocycles. The molecule has 2 heterocycles. The van der Waals surface area contributed by atoms with Crippen molar-refractivity contribution < 1.29 is 13.2 Å². The molecule has 0 aliphatic carbocycles. The van der Waals surface area contributed by atoms with E-state index < -0.39 is 16.1 Å². The molecule has 7 heteroatoms. The number of aryl methyl sites for hydroxylation is 2. The van der Waals surface area contributed by atoms with Gasteiger partial charge in [-0.1, -0.05) is 6.42 Å². The Morgan fingerprint density at radius 1 is 1.32 bits per heavy atom. The maximum Gasteiger partial charge on any atom is 0.247 e. The quantitative estimate of drug-likeness (QED) is 0.769. The van der Waals surface area contributed by atoms with Crippen LogP contribution in [-0.4, -0.2) is 41.4 Å². The topological polar surface area (TPSA) is 72.3 Å². The predicted molar refractivity (Wildman–Crippen MR) is 70.3 cm³/mol. The second-order valence-corrected chi connectivity index (χ2v) is 6.77. The molecule has 0 N–H and O–H groups in total. The summed E-state index contributed by atoms with van der Waals surface area (Å²) in [6.07, 6.45) is 3.02. The van der Waals surface area contributed by atoms with Gasteiger partial charge < -0.3 is 4.79 Å². The van der Waals surface area contributed by atoms with Gasteiger partial charge in [0.1, 0.15) is 11.2 Å². The second kappa shape index (κ2) is 5.05. The van der Waals surface area contributed by atoms with Crippen molar-refractivity contribution >= 4 is 16.3 Å². The first-order valence-electron chi connectivity index (χ1n) is 6.37. The van der Waals surface area contributed by atoms with Gasteiger partial charge in [0.25, 0.3) is 0 Å². The fourth-order valence-electron chi connectivity index (χ4n) is 2.61. The first-order valence-corrected chi connectivity index (χ1v) is 7.81. The number of aldehydes is 1. The molecule has 0 amide bonds. The van der Waals surface area contributed by atoms with Gasteiger partial charge in [-0.25, -0.2) is 8.42 Å². The van der Waals surface area contributed by atoms with Crippen LogP contribution in [0.2, 0.25) is 0 Å². The molecule has 0 bridgehead atoms. The summed E-state index contributed by atoms with van der Waals surface area (Å²) in [5.74, 6) is 0.